The third-order valence-corrected chi connectivity index (χ3v) is 6.97. The van der Waals surface area contributed by atoms with Gasteiger partial charge in [-0.15, -0.1) is 0 Å². The molecule has 0 spiro atoms. The second-order valence-electron chi connectivity index (χ2n) is 8.01. The summed E-state index contributed by atoms with van der Waals surface area (Å²) in [5.41, 5.74) is 1.88. The summed E-state index contributed by atoms with van der Waals surface area (Å²) in [5, 5.41) is 8.50. The van der Waals surface area contributed by atoms with Gasteiger partial charge in [-0.25, -0.2) is 18.5 Å². The predicted octanol–water partition coefficient (Wildman–Crippen LogP) is 2.13. The van der Waals surface area contributed by atoms with Crippen LogP contribution in [-0.4, -0.2) is 51.7 Å². The second kappa shape index (κ2) is 8.10. The molecular formula is C21H27N5O4S. The van der Waals surface area contributed by atoms with Gasteiger partial charge in [0.1, 0.15) is 11.9 Å². The summed E-state index contributed by atoms with van der Waals surface area (Å²) >= 11 is 0. The van der Waals surface area contributed by atoms with Gasteiger partial charge < -0.3 is 19.9 Å². The van der Waals surface area contributed by atoms with E-state index in [9.17, 15) is 13.2 Å². The molecule has 4 rings (SSSR count). The fourth-order valence-corrected chi connectivity index (χ4v) is 5.06. The molecule has 1 saturated heterocycles. The van der Waals surface area contributed by atoms with Gasteiger partial charge >= 0.3 is 0 Å². The Labute approximate surface area is 182 Å². The van der Waals surface area contributed by atoms with Crippen LogP contribution < -0.4 is 20.3 Å². The average molecular weight is 446 g/mol. The number of ether oxygens (including phenoxy) is 1. The lowest BCUT2D eigenvalue weighted by Gasteiger charge is -2.44. The van der Waals surface area contributed by atoms with Crippen LogP contribution in [0, 0.1) is 6.92 Å². The number of anilines is 4. The SMILES string of the molecule is Cc1ccc(Nc2ccc3c(n2)N(C2CCOCC2)[C@H](C)C(=O)N3C)cc1S(N)(=O)=O. The zero-order valence-electron chi connectivity index (χ0n) is 17.8. The van der Waals surface area contributed by atoms with Crippen molar-refractivity contribution in [3.8, 4) is 0 Å². The van der Waals surface area contributed by atoms with E-state index in [1.54, 1.807) is 37.1 Å². The van der Waals surface area contributed by atoms with E-state index in [1.165, 1.54) is 6.07 Å². The molecule has 3 N–H and O–H groups in total. The maximum atomic E-state index is 12.8. The van der Waals surface area contributed by atoms with E-state index in [4.69, 9.17) is 14.9 Å². The molecule has 0 aliphatic carbocycles. The van der Waals surface area contributed by atoms with Crippen molar-refractivity contribution < 1.29 is 17.9 Å². The van der Waals surface area contributed by atoms with Crippen molar-refractivity contribution in [2.45, 2.75) is 43.7 Å². The Kier molecular flexibility index (Phi) is 5.63. The number of aromatic nitrogens is 1. The van der Waals surface area contributed by atoms with Crippen LogP contribution in [0.15, 0.2) is 35.2 Å². The van der Waals surface area contributed by atoms with E-state index in [-0.39, 0.29) is 22.9 Å². The molecule has 0 radical (unpaired) electrons. The van der Waals surface area contributed by atoms with Crippen molar-refractivity contribution in [3.63, 3.8) is 0 Å². The van der Waals surface area contributed by atoms with Crippen LogP contribution in [0.1, 0.15) is 25.3 Å². The molecule has 1 aromatic carbocycles. The summed E-state index contributed by atoms with van der Waals surface area (Å²) in [7, 11) is -2.08. The molecule has 0 unspecified atom stereocenters. The Morgan fingerprint density at radius 1 is 1.19 bits per heavy atom. The van der Waals surface area contributed by atoms with E-state index >= 15 is 0 Å². The molecule has 2 aliphatic rings. The van der Waals surface area contributed by atoms with Gasteiger partial charge in [0.2, 0.25) is 15.9 Å². The Morgan fingerprint density at radius 2 is 1.90 bits per heavy atom. The molecular weight excluding hydrogens is 418 g/mol. The summed E-state index contributed by atoms with van der Waals surface area (Å²) in [5.74, 6) is 1.30. The first-order valence-corrected chi connectivity index (χ1v) is 11.8. The number of hydrogen-bond acceptors (Lipinski definition) is 7. The van der Waals surface area contributed by atoms with Crippen molar-refractivity contribution in [1.29, 1.82) is 0 Å². The first-order valence-electron chi connectivity index (χ1n) is 10.2. The Bertz CT molecular complexity index is 1110. The van der Waals surface area contributed by atoms with Crippen LogP contribution in [0.5, 0.6) is 0 Å². The number of benzene rings is 1. The van der Waals surface area contributed by atoms with E-state index in [1.807, 2.05) is 13.0 Å². The van der Waals surface area contributed by atoms with Crippen LogP contribution >= 0.6 is 0 Å². The standard InChI is InChI=1S/C21H27N5O4S/c1-13-4-5-15(12-18(13)31(22,28)29)23-19-7-6-17-20(24-19)26(14(2)21(27)25(17)3)16-8-10-30-11-9-16/h4-7,12,14,16H,8-11H2,1-3H3,(H,23,24)(H2,22,28,29)/t14-/m1/s1. The zero-order valence-corrected chi connectivity index (χ0v) is 18.6. The zero-order chi connectivity index (χ0) is 22.3. The highest BCUT2D eigenvalue weighted by Crippen LogP contribution is 2.38. The Morgan fingerprint density at radius 3 is 2.58 bits per heavy atom. The Balaban J connectivity index is 1.71. The number of nitrogens with zero attached hydrogens (tertiary/aromatic N) is 3. The summed E-state index contributed by atoms with van der Waals surface area (Å²) < 4.78 is 29.2. The van der Waals surface area contributed by atoms with Gasteiger partial charge in [-0.3, -0.25) is 4.79 Å². The normalized spacial score (nSPS) is 20.0. The van der Waals surface area contributed by atoms with E-state index in [2.05, 4.69) is 10.2 Å². The van der Waals surface area contributed by atoms with Gasteiger partial charge in [-0.1, -0.05) is 6.07 Å². The molecule has 9 nitrogen and oxygen atoms in total. The number of rotatable bonds is 4. The van der Waals surface area contributed by atoms with Crippen molar-refractivity contribution >= 4 is 38.9 Å². The van der Waals surface area contributed by atoms with Gasteiger partial charge in [0.05, 0.1) is 10.6 Å². The number of aryl methyl sites for hydroxylation is 1. The highest BCUT2D eigenvalue weighted by molar-refractivity contribution is 7.89. The molecule has 166 valence electrons. The fraction of sp³-hybridized carbons (Fsp3) is 0.429. The summed E-state index contributed by atoms with van der Waals surface area (Å²) in [4.78, 5) is 21.4. The lowest BCUT2D eigenvalue weighted by atomic mass is 10.0. The third kappa shape index (κ3) is 4.10. The number of hydrogen-bond donors (Lipinski definition) is 2. The van der Waals surface area contributed by atoms with E-state index in [0.717, 1.165) is 24.3 Å². The van der Waals surface area contributed by atoms with Crippen molar-refractivity contribution in [2.24, 2.45) is 5.14 Å². The topological polar surface area (TPSA) is 118 Å². The number of nitrogens with two attached hydrogens (primary N) is 1. The van der Waals surface area contributed by atoms with Crippen molar-refractivity contribution in [2.75, 3.05) is 35.4 Å². The first kappa shape index (κ1) is 21.5. The van der Waals surface area contributed by atoms with Gasteiger partial charge in [0.25, 0.3) is 0 Å². The van der Waals surface area contributed by atoms with E-state index < -0.39 is 10.0 Å². The predicted molar refractivity (Wildman–Crippen MR) is 119 cm³/mol. The summed E-state index contributed by atoms with van der Waals surface area (Å²) in [6, 6.07) is 8.43. The number of carbonyl (C=O) groups excluding carboxylic acids is 1. The van der Waals surface area contributed by atoms with Gasteiger partial charge in [0, 0.05) is 32.0 Å². The van der Waals surface area contributed by atoms with Crippen LogP contribution in [0.4, 0.5) is 23.0 Å². The molecule has 0 bridgehead atoms. The average Bonchev–Trinajstić information content (AvgIpc) is 2.73. The number of sulfonamides is 1. The molecule has 1 aromatic heterocycles. The number of primary sulfonamides is 1. The molecule has 10 heteroatoms. The van der Waals surface area contributed by atoms with E-state index in [0.29, 0.717) is 30.3 Å². The molecule has 2 aromatic rings. The maximum Gasteiger partial charge on any atom is 0.249 e. The fourth-order valence-electron chi connectivity index (χ4n) is 4.25. The minimum atomic E-state index is -3.83. The highest BCUT2D eigenvalue weighted by Gasteiger charge is 2.39. The smallest absolute Gasteiger partial charge is 0.249 e. The summed E-state index contributed by atoms with van der Waals surface area (Å²) in [6.07, 6.45) is 1.66. The number of pyridine rings is 1. The van der Waals surface area contributed by atoms with Gasteiger partial charge in [-0.05, 0) is 56.5 Å². The van der Waals surface area contributed by atoms with Crippen LogP contribution in [0.25, 0.3) is 0 Å². The third-order valence-electron chi connectivity index (χ3n) is 5.92. The number of amides is 1. The molecule has 31 heavy (non-hydrogen) atoms. The molecule has 1 fully saturated rings. The molecule has 2 aliphatic heterocycles. The minimum Gasteiger partial charge on any atom is -0.381 e. The molecule has 0 saturated carbocycles. The highest BCUT2D eigenvalue weighted by atomic mass is 32.2. The van der Waals surface area contributed by atoms with Crippen LogP contribution in [0.2, 0.25) is 0 Å². The Hall–Kier alpha value is -2.69. The van der Waals surface area contributed by atoms with Crippen molar-refractivity contribution in [3.05, 3.63) is 35.9 Å². The number of likely N-dealkylation sites (N-methyl/N-ethyl adjacent to an activating group) is 1. The van der Waals surface area contributed by atoms with Gasteiger partial charge in [-0.2, -0.15) is 0 Å². The minimum absolute atomic E-state index is 0.0258. The van der Waals surface area contributed by atoms with Gasteiger partial charge in [0.15, 0.2) is 5.82 Å². The molecule has 1 amide bonds. The van der Waals surface area contributed by atoms with Crippen molar-refractivity contribution in [1.82, 2.24) is 4.98 Å². The lowest BCUT2D eigenvalue weighted by molar-refractivity contribution is -0.119. The lowest BCUT2D eigenvalue weighted by Crippen LogP contribution is -2.56. The monoisotopic (exact) mass is 445 g/mol. The second-order valence-corrected chi connectivity index (χ2v) is 9.54. The number of carbonyl (C=O) groups is 1. The first-order chi connectivity index (χ1) is 14.7. The van der Waals surface area contributed by atoms with Crippen LogP contribution in [-0.2, 0) is 19.6 Å². The largest absolute Gasteiger partial charge is 0.381 e. The molecule has 1 atom stereocenters. The number of fused-ring (bicyclic) bond motifs is 1. The summed E-state index contributed by atoms with van der Waals surface area (Å²) in [6.45, 7) is 4.91. The quantitative estimate of drug-likeness (QED) is 0.740. The van der Waals surface area contributed by atoms with Crippen LogP contribution in [0.3, 0.4) is 0 Å². The number of nitrogens with one attached hydrogen (secondary N) is 1. The molecule has 3 heterocycles. The maximum absolute atomic E-state index is 12.8.